The molecule has 0 spiro atoms. The third kappa shape index (κ3) is 4.99. The monoisotopic (exact) mass is 355 g/mol. The van der Waals surface area contributed by atoms with Gasteiger partial charge in [-0.15, -0.1) is 0 Å². The van der Waals surface area contributed by atoms with E-state index >= 15 is 0 Å². The highest BCUT2D eigenvalue weighted by molar-refractivity contribution is 5.96. The first-order valence-electron chi connectivity index (χ1n) is 8.45. The number of carbonyl (C=O) groups is 2. The fourth-order valence-electron chi connectivity index (χ4n) is 2.41. The Morgan fingerprint density at radius 2 is 1.81 bits per heavy atom. The Morgan fingerprint density at radius 1 is 1.08 bits per heavy atom. The van der Waals surface area contributed by atoms with Crippen LogP contribution in [-0.4, -0.2) is 44.1 Å². The van der Waals surface area contributed by atoms with Crippen molar-refractivity contribution in [1.29, 1.82) is 0 Å². The molecular formula is C20H25N3O3. The van der Waals surface area contributed by atoms with E-state index in [2.05, 4.69) is 10.6 Å². The van der Waals surface area contributed by atoms with Gasteiger partial charge in [-0.1, -0.05) is 18.2 Å². The highest BCUT2D eigenvalue weighted by Crippen LogP contribution is 2.18. The van der Waals surface area contributed by atoms with E-state index in [1.807, 2.05) is 38.1 Å². The lowest BCUT2D eigenvalue weighted by Gasteiger charge is -2.19. The molecule has 0 heterocycles. The van der Waals surface area contributed by atoms with Gasteiger partial charge in [-0.2, -0.15) is 0 Å². The molecule has 0 saturated heterocycles. The van der Waals surface area contributed by atoms with Crippen LogP contribution < -0.4 is 15.4 Å². The molecule has 3 amide bonds. The van der Waals surface area contributed by atoms with E-state index in [0.717, 1.165) is 16.9 Å². The van der Waals surface area contributed by atoms with E-state index in [-0.39, 0.29) is 11.9 Å². The molecule has 0 saturated carbocycles. The van der Waals surface area contributed by atoms with Crippen LogP contribution in [0, 0.1) is 13.8 Å². The Kier molecular flexibility index (Phi) is 6.60. The SMILES string of the molecule is CNC(=O)c1ccc(NC(=O)N(C)CCOc2ccccc2C)c(C)c1. The van der Waals surface area contributed by atoms with E-state index in [9.17, 15) is 9.59 Å². The van der Waals surface area contributed by atoms with E-state index in [1.54, 1.807) is 37.2 Å². The van der Waals surface area contributed by atoms with E-state index in [4.69, 9.17) is 4.74 Å². The Balaban J connectivity index is 1.88. The van der Waals surface area contributed by atoms with Gasteiger partial charge in [0.15, 0.2) is 0 Å². The highest BCUT2D eigenvalue weighted by atomic mass is 16.5. The first kappa shape index (κ1) is 19.3. The maximum Gasteiger partial charge on any atom is 0.321 e. The van der Waals surface area contributed by atoms with Crippen LogP contribution in [0.25, 0.3) is 0 Å². The minimum Gasteiger partial charge on any atom is -0.491 e. The first-order valence-corrected chi connectivity index (χ1v) is 8.45. The average Bonchev–Trinajstić information content (AvgIpc) is 2.64. The van der Waals surface area contributed by atoms with Gasteiger partial charge in [-0.3, -0.25) is 4.79 Å². The molecule has 6 heteroatoms. The Morgan fingerprint density at radius 3 is 2.46 bits per heavy atom. The summed E-state index contributed by atoms with van der Waals surface area (Å²) in [5.41, 5.74) is 3.12. The number of urea groups is 1. The van der Waals surface area contributed by atoms with Gasteiger partial charge >= 0.3 is 6.03 Å². The normalized spacial score (nSPS) is 10.2. The molecule has 2 aromatic carbocycles. The third-order valence-corrected chi connectivity index (χ3v) is 4.08. The Labute approximate surface area is 154 Å². The van der Waals surface area contributed by atoms with Crippen molar-refractivity contribution in [2.45, 2.75) is 13.8 Å². The summed E-state index contributed by atoms with van der Waals surface area (Å²) in [5, 5.41) is 5.43. The van der Waals surface area contributed by atoms with Gasteiger partial charge in [0, 0.05) is 25.3 Å². The number of hydrogen-bond acceptors (Lipinski definition) is 3. The number of nitrogens with zero attached hydrogens (tertiary/aromatic N) is 1. The largest absolute Gasteiger partial charge is 0.491 e. The maximum absolute atomic E-state index is 12.3. The predicted octanol–water partition coefficient (Wildman–Crippen LogP) is 3.21. The number of benzene rings is 2. The first-order chi connectivity index (χ1) is 12.4. The Hall–Kier alpha value is -3.02. The highest BCUT2D eigenvalue weighted by Gasteiger charge is 2.12. The molecule has 138 valence electrons. The molecule has 2 aromatic rings. The van der Waals surface area contributed by atoms with Crippen LogP contribution in [0.1, 0.15) is 21.5 Å². The number of carbonyl (C=O) groups excluding carboxylic acids is 2. The van der Waals surface area contributed by atoms with Gasteiger partial charge in [0.05, 0.1) is 6.54 Å². The molecule has 2 N–H and O–H groups in total. The van der Waals surface area contributed by atoms with Crippen molar-refractivity contribution in [1.82, 2.24) is 10.2 Å². The second-order valence-electron chi connectivity index (χ2n) is 6.07. The average molecular weight is 355 g/mol. The van der Waals surface area contributed by atoms with Crippen molar-refractivity contribution in [3.8, 4) is 5.75 Å². The summed E-state index contributed by atoms with van der Waals surface area (Å²) in [5.74, 6) is 0.665. The third-order valence-electron chi connectivity index (χ3n) is 4.08. The van der Waals surface area contributed by atoms with Crippen molar-refractivity contribution in [3.63, 3.8) is 0 Å². The summed E-state index contributed by atoms with van der Waals surface area (Å²) in [6, 6.07) is 12.7. The molecule has 0 aliphatic carbocycles. The molecule has 6 nitrogen and oxygen atoms in total. The van der Waals surface area contributed by atoms with Crippen LogP contribution in [0.2, 0.25) is 0 Å². The standard InChI is InChI=1S/C20H25N3O3/c1-14-7-5-6-8-18(14)26-12-11-23(4)20(25)22-17-10-9-16(13-15(17)2)19(24)21-3/h5-10,13H,11-12H2,1-4H3,(H,21,24)(H,22,25). The lowest BCUT2D eigenvalue weighted by atomic mass is 10.1. The molecule has 0 unspecified atom stereocenters. The van der Waals surface area contributed by atoms with Gasteiger partial charge in [-0.25, -0.2) is 4.79 Å². The van der Waals surface area contributed by atoms with Gasteiger partial charge in [0.1, 0.15) is 12.4 Å². The smallest absolute Gasteiger partial charge is 0.321 e. The molecule has 2 rings (SSSR count). The van der Waals surface area contributed by atoms with E-state index < -0.39 is 0 Å². The van der Waals surface area contributed by atoms with Crippen LogP contribution in [0.4, 0.5) is 10.5 Å². The van der Waals surface area contributed by atoms with Crippen molar-refractivity contribution in [3.05, 3.63) is 59.2 Å². The minimum absolute atomic E-state index is 0.156. The number of amides is 3. The van der Waals surface area contributed by atoms with Gasteiger partial charge < -0.3 is 20.3 Å². The van der Waals surface area contributed by atoms with E-state index in [0.29, 0.717) is 24.4 Å². The van der Waals surface area contributed by atoms with Gasteiger partial charge in [-0.05, 0) is 49.2 Å². The molecular weight excluding hydrogens is 330 g/mol. The fourth-order valence-corrected chi connectivity index (χ4v) is 2.41. The van der Waals surface area contributed by atoms with Crippen LogP contribution >= 0.6 is 0 Å². The molecule has 0 fully saturated rings. The van der Waals surface area contributed by atoms with Gasteiger partial charge in [0.2, 0.25) is 0 Å². The fraction of sp³-hybridized carbons (Fsp3) is 0.300. The van der Waals surface area contributed by atoms with Crippen LogP contribution in [0.3, 0.4) is 0 Å². The quantitative estimate of drug-likeness (QED) is 0.836. The number of rotatable bonds is 6. The number of para-hydroxylation sites is 1. The number of ether oxygens (including phenoxy) is 1. The summed E-state index contributed by atoms with van der Waals surface area (Å²) in [7, 11) is 3.30. The van der Waals surface area contributed by atoms with Crippen LogP contribution in [0.15, 0.2) is 42.5 Å². The van der Waals surface area contributed by atoms with Crippen molar-refractivity contribution < 1.29 is 14.3 Å². The van der Waals surface area contributed by atoms with Crippen molar-refractivity contribution in [2.24, 2.45) is 0 Å². The number of aryl methyl sites for hydroxylation is 2. The van der Waals surface area contributed by atoms with Gasteiger partial charge in [0.25, 0.3) is 5.91 Å². The lowest BCUT2D eigenvalue weighted by molar-refractivity contribution is 0.0963. The number of hydrogen-bond donors (Lipinski definition) is 2. The number of nitrogens with one attached hydrogen (secondary N) is 2. The van der Waals surface area contributed by atoms with E-state index in [1.165, 1.54) is 0 Å². The second-order valence-corrected chi connectivity index (χ2v) is 6.07. The Bertz CT molecular complexity index is 790. The van der Waals surface area contributed by atoms with Crippen molar-refractivity contribution in [2.75, 3.05) is 32.6 Å². The summed E-state index contributed by atoms with van der Waals surface area (Å²) in [6.45, 7) is 4.69. The van der Waals surface area contributed by atoms with Crippen LogP contribution in [-0.2, 0) is 0 Å². The number of likely N-dealkylation sites (N-methyl/N-ethyl adjacent to an activating group) is 1. The molecule has 26 heavy (non-hydrogen) atoms. The summed E-state index contributed by atoms with van der Waals surface area (Å²) < 4.78 is 5.72. The minimum atomic E-state index is -0.228. The molecule has 0 aliphatic rings. The summed E-state index contributed by atoms with van der Waals surface area (Å²) in [4.78, 5) is 25.5. The maximum atomic E-state index is 12.3. The molecule has 0 aromatic heterocycles. The summed E-state index contributed by atoms with van der Waals surface area (Å²) >= 11 is 0. The lowest BCUT2D eigenvalue weighted by Crippen LogP contribution is -2.34. The zero-order chi connectivity index (χ0) is 19.1. The van der Waals surface area contributed by atoms with Crippen LogP contribution in [0.5, 0.6) is 5.75 Å². The molecule has 0 bridgehead atoms. The predicted molar refractivity (Wildman–Crippen MR) is 103 cm³/mol. The molecule has 0 radical (unpaired) electrons. The zero-order valence-electron chi connectivity index (χ0n) is 15.6. The molecule has 0 atom stereocenters. The topological polar surface area (TPSA) is 70.7 Å². The summed E-state index contributed by atoms with van der Waals surface area (Å²) in [6.07, 6.45) is 0. The second kappa shape index (κ2) is 8.89. The molecule has 0 aliphatic heterocycles. The zero-order valence-corrected chi connectivity index (χ0v) is 15.6. The van der Waals surface area contributed by atoms with Crippen molar-refractivity contribution >= 4 is 17.6 Å². The number of anilines is 1.